The molecule has 0 aliphatic carbocycles. The molecular weight excluding hydrogens is 629 g/mol. The molecule has 2 nitrogen and oxygen atoms in total. The van der Waals surface area contributed by atoms with Crippen molar-refractivity contribution in [3.63, 3.8) is 0 Å². The van der Waals surface area contributed by atoms with Crippen LogP contribution in [0.3, 0.4) is 0 Å². The van der Waals surface area contributed by atoms with Crippen LogP contribution in [0.5, 0.6) is 0 Å². The fraction of sp³-hybridized carbons (Fsp3) is 0.200. The van der Waals surface area contributed by atoms with E-state index >= 15 is 0 Å². The van der Waals surface area contributed by atoms with Crippen molar-refractivity contribution in [2.75, 3.05) is 13.2 Å². The Kier molecular flexibility index (Phi) is 30.3. The van der Waals surface area contributed by atoms with E-state index in [-0.39, 0.29) is 73.4 Å². The average Bonchev–Trinajstić information content (AvgIpc) is 2.86. The van der Waals surface area contributed by atoms with E-state index in [1.54, 1.807) is 0 Å². The van der Waals surface area contributed by atoms with E-state index in [0.29, 0.717) is 13.2 Å². The SMILES string of the molecule is C.C=Cc1cc[c-]cc1.C=Cc1ccc(Br)cc1.C=Cc1ccc([Si](C)(OCC)OCC)cc1.[Br-].[H-].[H-].[Mg+2].[Mg+2]. The topological polar surface area (TPSA) is 18.5 Å². The summed E-state index contributed by atoms with van der Waals surface area (Å²) in [6, 6.07) is 26.9. The molecule has 3 rings (SSSR count). The van der Waals surface area contributed by atoms with Crippen molar-refractivity contribution in [1.82, 2.24) is 0 Å². The Labute approximate surface area is 281 Å². The molecule has 194 valence electrons. The maximum Gasteiger partial charge on any atom is 2.00 e. The average molecular weight is 669 g/mol. The number of benzene rings is 3. The van der Waals surface area contributed by atoms with Crippen LogP contribution in [0.4, 0.5) is 0 Å². The second kappa shape index (κ2) is 25.8. The quantitative estimate of drug-likeness (QED) is 0.249. The van der Waals surface area contributed by atoms with Gasteiger partial charge in [-0.15, -0.1) is 12.1 Å². The Morgan fingerprint density at radius 2 is 1.11 bits per heavy atom. The molecule has 0 spiro atoms. The van der Waals surface area contributed by atoms with Crippen molar-refractivity contribution in [2.45, 2.75) is 27.8 Å². The molecule has 0 saturated heterocycles. The smallest absolute Gasteiger partial charge is 1.00 e. The molecule has 0 aromatic heterocycles. The normalized spacial score (nSPS) is 8.97. The molecule has 3 aromatic carbocycles. The maximum atomic E-state index is 5.82. The van der Waals surface area contributed by atoms with Gasteiger partial charge in [0, 0.05) is 17.7 Å². The Balaban J connectivity index is -0.000000103. The van der Waals surface area contributed by atoms with Crippen molar-refractivity contribution in [3.05, 3.63) is 120 Å². The van der Waals surface area contributed by atoms with E-state index < -0.39 is 8.56 Å². The Morgan fingerprint density at radius 1 is 0.757 bits per heavy atom. The van der Waals surface area contributed by atoms with Gasteiger partial charge in [-0.3, -0.25) is 0 Å². The standard InChI is InChI=1S/C13H20O2Si.C8H7Br.C8H7.CH4.BrH.2Mg.2H/c1-5-12-8-10-13(11-9-12)16(4,14-6-2)15-7-3;1-2-7-3-5-8(9)6-4-7;1-2-8-6-4-3-5-7-8;;;;;;/h5,8-11H,1,6-7H2,2-4H3;2-6H,1H2;2,4-7H,1H2;1H4;1H;;;;/q;;-1;;;2*+2;2*-1/p-1. The third kappa shape index (κ3) is 17.7. The second-order valence-corrected chi connectivity index (χ2v) is 10.9. The molecule has 0 saturated carbocycles. The molecule has 37 heavy (non-hydrogen) atoms. The zero-order chi connectivity index (χ0) is 24.5. The monoisotopic (exact) mass is 666 g/mol. The molecule has 0 fully saturated rings. The Morgan fingerprint density at radius 3 is 1.43 bits per heavy atom. The van der Waals surface area contributed by atoms with Crippen LogP contribution in [0, 0.1) is 6.07 Å². The first-order valence-electron chi connectivity index (χ1n) is 10.9. The zero-order valence-electron chi connectivity index (χ0n) is 23.7. The molecule has 0 amide bonds. The van der Waals surface area contributed by atoms with E-state index in [9.17, 15) is 0 Å². The largest absolute Gasteiger partial charge is 2.00 e. The molecule has 0 unspecified atom stereocenters. The van der Waals surface area contributed by atoms with E-state index in [4.69, 9.17) is 8.85 Å². The van der Waals surface area contributed by atoms with Crippen molar-refractivity contribution in [2.24, 2.45) is 0 Å². The van der Waals surface area contributed by atoms with Gasteiger partial charge in [-0.05, 0) is 48.8 Å². The van der Waals surface area contributed by atoms with Crippen molar-refractivity contribution < 1.29 is 28.7 Å². The summed E-state index contributed by atoms with van der Waals surface area (Å²) in [5.74, 6) is 0. The van der Waals surface area contributed by atoms with Gasteiger partial charge in [0.25, 0.3) is 0 Å². The molecule has 0 heterocycles. The summed E-state index contributed by atoms with van der Waals surface area (Å²) in [7, 11) is -2.20. The van der Waals surface area contributed by atoms with Gasteiger partial charge in [0.2, 0.25) is 0 Å². The van der Waals surface area contributed by atoms with Gasteiger partial charge in [0.15, 0.2) is 0 Å². The van der Waals surface area contributed by atoms with Crippen LogP contribution in [-0.4, -0.2) is 67.9 Å². The fourth-order valence-corrected chi connectivity index (χ4v) is 5.37. The van der Waals surface area contributed by atoms with Crippen LogP contribution in [0.1, 0.15) is 40.8 Å². The van der Waals surface area contributed by atoms with Gasteiger partial charge >= 0.3 is 54.7 Å². The van der Waals surface area contributed by atoms with Gasteiger partial charge in [0.1, 0.15) is 0 Å². The van der Waals surface area contributed by atoms with Gasteiger partial charge in [0.05, 0.1) is 0 Å². The van der Waals surface area contributed by atoms with Crippen LogP contribution in [-0.2, 0) is 8.85 Å². The zero-order valence-corrected chi connectivity index (χ0v) is 28.7. The van der Waals surface area contributed by atoms with Crippen LogP contribution >= 0.6 is 15.9 Å². The van der Waals surface area contributed by atoms with E-state index in [1.165, 1.54) is 5.19 Å². The van der Waals surface area contributed by atoms with Crippen LogP contribution < -0.4 is 22.2 Å². The minimum atomic E-state index is -2.20. The minimum Gasteiger partial charge on any atom is -1.00 e. The first kappa shape index (κ1) is 43.6. The summed E-state index contributed by atoms with van der Waals surface area (Å²) in [5, 5.41) is 1.17. The van der Waals surface area contributed by atoms with E-state index in [2.05, 4.69) is 60.4 Å². The third-order valence-corrected chi connectivity index (χ3v) is 8.19. The number of rotatable bonds is 8. The molecule has 0 aliphatic rings. The minimum absolute atomic E-state index is 0. The molecule has 0 radical (unpaired) electrons. The van der Waals surface area contributed by atoms with Crippen molar-refractivity contribution in [1.29, 1.82) is 0 Å². The molecule has 0 bridgehead atoms. The first-order valence-corrected chi connectivity index (χ1v) is 14.0. The summed E-state index contributed by atoms with van der Waals surface area (Å²) in [6.45, 7) is 18.5. The van der Waals surface area contributed by atoms with Crippen molar-refractivity contribution >= 4 is 94.0 Å². The number of halogens is 2. The fourth-order valence-electron chi connectivity index (χ4n) is 2.82. The second-order valence-electron chi connectivity index (χ2n) is 6.93. The Hall–Kier alpha value is -0.491. The van der Waals surface area contributed by atoms with Crippen LogP contribution in [0.15, 0.2) is 97.0 Å². The molecule has 3 aromatic rings. The van der Waals surface area contributed by atoms with Gasteiger partial charge in [-0.25, -0.2) is 0 Å². The number of hydrogen-bond donors (Lipinski definition) is 0. The summed E-state index contributed by atoms with van der Waals surface area (Å²) in [5.41, 5.74) is 3.41. The van der Waals surface area contributed by atoms with Gasteiger partial charge in [-0.2, -0.15) is 30.3 Å². The van der Waals surface area contributed by atoms with Crippen LogP contribution in [0.2, 0.25) is 6.55 Å². The summed E-state index contributed by atoms with van der Waals surface area (Å²) < 4.78 is 12.7. The third-order valence-electron chi connectivity index (χ3n) is 4.60. The molecule has 0 N–H and O–H groups in total. The van der Waals surface area contributed by atoms with Crippen LogP contribution in [0.25, 0.3) is 18.2 Å². The number of hydrogen-bond acceptors (Lipinski definition) is 2. The maximum absolute atomic E-state index is 5.82. The predicted octanol–water partition coefficient (Wildman–Crippen LogP) is 5.01. The Bertz CT molecular complexity index is 973. The van der Waals surface area contributed by atoms with Gasteiger partial charge in [-0.1, -0.05) is 91.1 Å². The van der Waals surface area contributed by atoms with Gasteiger partial charge < -0.3 is 28.7 Å². The molecular formula is C30H40Br2Mg2O2Si. The molecule has 0 aliphatic heterocycles. The summed E-state index contributed by atoms with van der Waals surface area (Å²) >= 11 is 3.34. The van der Waals surface area contributed by atoms with Crippen molar-refractivity contribution in [3.8, 4) is 0 Å². The van der Waals surface area contributed by atoms with E-state index in [0.717, 1.165) is 21.2 Å². The summed E-state index contributed by atoms with van der Waals surface area (Å²) in [4.78, 5) is 0. The molecule has 7 heteroatoms. The first-order chi connectivity index (χ1) is 15.9. The molecule has 0 atom stereocenters. The summed E-state index contributed by atoms with van der Waals surface area (Å²) in [6.07, 6.45) is 5.48. The van der Waals surface area contributed by atoms with E-state index in [1.807, 2.05) is 92.7 Å². The predicted molar refractivity (Wildman–Crippen MR) is 171 cm³/mol.